The molecular weight excluding hydrogens is 290 g/mol. The average molecular weight is 312 g/mol. The quantitative estimate of drug-likeness (QED) is 0.831. The van der Waals surface area contributed by atoms with Crippen LogP contribution in [-0.2, 0) is 9.53 Å². The first-order valence-corrected chi connectivity index (χ1v) is 7.68. The summed E-state index contributed by atoms with van der Waals surface area (Å²) in [5.41, 5.74) is -0.123. The van der Waals surface area contributed by atoms with Gasteiger partial charge in [0.05, 0.1) is 11.6 Å². The van der Waals surface area contributed by atoms with Gasteiger partial charge in [0.1, 0.15) is 11.4 Å². The summed E-state index contributed by atoms with van der Waals surface area (Å²) < 4.78 is 10.9. The molecule has 0 bridgehead atoms. The minimum Gasteiger partial charge on any atom is -0.492 e. The van der Waals surface area contributed by atoms with Gasteiger partial charge in [0.15, 0.2) is 0 Å². The van der Waals surface area contributed by atoms with Gasteiger partial charge in [-0.1, -0.05) is 18.5 Å². The van der Waals surface area contributed by atoms with E-state index in [1.165, 1.54) is 0 Å². The van der Waals surface area contributed by atoms with Crippen molar-refractivity contribution in [1.29, 1.82) is 0 Å². The molecule has 1 amide bonds. The van der Waals surface area contributed by atoms with E-state index in [0.29, 0.717) is 29.0 Å². The molecule has 0 saturated heterocycles. The van der Waals surface area contributed by atoms with Gasteiger partial charge < -0.3 is 14.8 Å². The lowest BCUT2D eigenvalue weighted by Gasteiger charge is -2.26. The van der Waals surface area contributed by atoms with Crippen LogP contribution < -0.4 is 10.1 Å². The van der Waals surface area contributed by atoms with Crippen LogP contribution in [0, 0.1) is 5.92 Å². The number of halogens is 1. The van der Waals surface area contributed by atoms with Gasteiger partial charge in [-0.05, 0) is 50.3 Å². The Balaban J connectivity index is 2.05. The van der Waals surface area contributed by atoms with Gasteiger partial charge in [0, 0.05) is 12.8 Å². The lowest BCUT2D eigenvalue weighted by atomic mass is 9.99. The first kappa shape index (κ1) is 16.1. The first-order chi connectivity index (χ1) is 10.0. The molecule has 1 saturated carbocycles. The van der Waals surface area contributed by atoms with Crippen molar-refractivity contribution >= 4 is 23.2 Å². The Morgan fingerprint density at radius 3 is 2.71 bits per heavy atom. The zero-order valence-electron chi connectivity index (χ0n) is 12.7. The molecular formula is C16H22ClNO3. The molecule has 5 heteroatoms. The Morgan fingerprint density at radius 2 is 2.19 bits per heavy atom. The maximum atomic E-state index is 12.4. The van der Waals surface area contributed by atoms with E-state index >= 15 is 0 Å². The van der Waals surface area contributed by atoms with Gasteiger partial charge >= 0.3 is 0 Å². The monoisotopic (exact) mass is 311 g/mol. The van der Waals surface area contributed by atoms with Gasteiger partial charge in [0.25, 0.3) is 5.91 Å². The molecule has 0 unspecified atom stereocenters. The van der Waals surface area contributed by atoms with Crippen LogP contribution in [0.2, 0.25) is 5.02 Å². The largest absolute Gasteiger partial charge is 0.492 e. The Bertz CT molecular complexity index is 516. The van der Waals surface area contributed by atoms with E-state index in [-0.39, 0.29) is 5.91 Å². The SMILES string of the molecule is CCCOc1ccc(NC(=O)[C@](C)(OC)C2CC2)cc1Cl. The zero-order valence-corrected chi connectivity index (χ0v) is 13.5. The second-order valence-electron chi connectivity index (χ2n) is 5.53. The Morgan fingerprint density at radius 1 is 1.48 bits per heavy atom. The fourth-order valence-corrected chi connectivity index (χ4v) is 2.48. The number of methoxy groups -OCH3 is 1. The highest BCUT2D eigenvalue weighted by molar-refractivity contribution is 6.32. The third-order valence-corrected chi connectivity index (χ3v) is 4.18. The summed E-state index contributed by atoms with van der Waals surface area (Å²) >= 11 is 6.16. The van der Waals surface area contributed by atoms with Crippen LogP contribution in [0.25, 0.3) is 0 Å². The van der Waals surface area contributed by atoms with E-state index in [9.17, 15) is 4.79 Å². The normalized spacial score (nSPS) is 17.1. The van der Waals surface area contributed by atoms with E-state index in [1.54, 1.807) is 25.3 Å². The number of benzene rings is 1. The number of hydrogen-bond donors (Lipinski definition) is 1. The molecule has 2 rings (SSSR count). The van der Waals surface area contributed by atoms with Crippen molar-refractivity contribution in [2.45, 2.75) is 38.7 Å². The molecule has 1 aliphatic rings. The number of hydrogen-bond acceptors (Lipinski definition) is 3. The van der Waals surface area contributed by atoms with Gasteiger partial charge in [0.2, 0.25) is 0 Å². The smallest absolute Gasteiger partial charge is 0.256 e. The summed E-state index contributed by atoms with van der Waals surface area (Å²) in [4.78, 5) is 12.4. The van der Waals surface area contributed by atoms with E-state index in [0.717, 1.165) is 19.3 Å². The van der Waals surface area contributed by atoms with Gasteiger partial charge in [-0.3, -0.25) is 4.79 Å². The number of ether oxygens (including phenoxy) is 2. The molecule has 21 heavy (non-hydrogen) atoms. The fraction of sp³-hybridized carbons (Fsp3) is 0.562. The van der Waals surface area contributed by atoms with Crippen LogP contribution >= 0.6 is 11.6 Å². The summed E-state index contributed by atoms with van der Waals surface area (Å²) in [5, 5.41) is 3.37. The standard InChI is InChI=1S/C16H22ClNO3/c1-4-9-21-14-8-7-12(10-13(14)17)18-15(19)16(2,20-3)11-5-6-11/h7-8,10-11H,4-6,9H2,1-3H3,(H,18,19)/t16-/m1/s1. The van der Waals surface area contributed by atoms with E-state index in [2.05, 4.69) is 5.32 Å². The van der Waals surface area contributed by atoms with Gasteiger partial charge in [-0.15, -0.1) is 0 Å². The predicted octanol–water partition coefficient (Wildman–Crippen LogP) is 3.88. The molecule has 0 spiro atoms. The van der Waals surface area contributed by atoms with Crippen LogP contribution in [0.3, 0.4) is 0 Å². The van der Waals surface area contributed by atoms with Crippen LogP contribution in [-0.4, -0.2) is 25.2 Å². The number of amides is 1. The maximum Gasteiger partial charge on any atom is 0.256 e. The van der Waals surface area contributed by atoms with Gasteiger partial charge in [-0.25, -0.2) is 0 Å². The second-order valence-corrected chi connectivity index (χ2v) is 5.94. The van der Waals surface area contributed by atoms with Gasteiger partial charge in [-0.2, -0.15) is 0 Å². The molecule has 0 aromatic heterocycles. The van der Waals surface area contributed by atoms with E-state index in [1.807, 2.05) is 13.8 Å². The maximum absolute atomic E-state index is 12.4. The highest BCUT2D eigenvalue weighted by Gasteiger charge is 2.47. The Hall–Kier alpha value is -1.26. The lowest BCUT2D eigenvalue weighted by molar-refractivity contribution is -0.138. The molecule has 4 nitrogen and oxygen atoms in total. The van der Waals surface area contributed by atoms with Crippen molar-refractivity contribution in [3.63, 3.8) is 0 Å². The molecule has 1 aromatic rings. The minimum absolute atomic E-state index is 0.134. The zero-order chi connectivity index (χ0) is 15.5. The third-order valence-electron chi connectivity index (χ3n) is 3.88. The summed E-state index contributed by atoms with van der Waals surface area (Å²) in [6.07, 6.45) is 2.98. The average Bonchev–Trinajstić information content (AvgIpc) is 3.30. The second kappa shape index (κ2) is 6.67. The third kappa shape index (κ3) is 3.69. The number of anilines is 1. The van der Waals surface area contributed by atoms with Crippen LogP contribution in [0.1, 0.15) is 33.1 Å². The van der Waals surface area contributed by atoms with Crippen molar-refractivity contribution < 1.29 is 14.3 Å². The fourth-order valence-electron chi connectivity index (χ4n) is 2.24. The molecule has 0 heterocycles. The molecule has 1 aromatic carbocycles. The molecule has 0 aliphatic heterocycles. The predicted molar refractivity (Wildman–Crippen MR) is 84.0 cm³/mol. The summed E-state index contributed by atoms with van der Waals surface area (Å²) in [6, 6.07) is 5.26. The Kier molecular flexibility index (Phi) is 5.12. The summed E-state index contributed by atoms with van der Waals surface area (Å²) in [5.74, 6) is 0.795. The molecule has 1 aliphatic carbocycles. The van der Waals surface area contributed by atoms with Crippen molar-refractivity contribution in [3.8, 4) is 5.75 Å². The van der Waals surface area contributed by atoms with Crippen molar-refractivity contribution in [2.24, 2.45) is 5.92 Å². The highest BCUT2D eigenvalue weighted by atomic mass is 35.5. The number of nitrogens with one attached hydrogen (secondary N) is 1. The Labute approximate surface area is 130 Å². The van der Waals surface area contributed by atoms with Crippen LogP contribution in [0.5, 0.6) is 5.75 Å². The molecule has 0 radical (unpaired) electrons. The summed E-state index contributed by atoms with van der Waals surface area (Å²) in [6.45, 7) is 4.49. The molecule has 1 N–H and O–H groups in total. The van der Waals surface area contributed by atoms with Crippen LogP contribution in [0.15, 0.2) is 18.2 Å². The summed E-state index contributed by atoms with van der Waals surface area (Å²) in [7, 11) is 1.58. The number of carbonyl (C=O) groups excluding carboxylic acids is 1. The number of rotatable bonds is 7. The lowest BCUT2D eigenvalue weighted by Crippen LogP contribution is -2.44. The van der Waals surface area contributed by atoms with Crippen LogP contribution in [0.4, 0.5) is 5.69 Å². The number of carbonyl (C=O) groups is 1. The topological polar surface area (TPSA) is 47.6 Å². The van der Waals surface area contributed by atoms with E-state index < -0.39 is 5.60 Å². The van der Waals surface area contributed by atoms with E-state index in [4.69, 9.17) is 21.1 Å². The highest BCUT2D eigenvalue weighted by Crippen LogP contribution is 2.42. The minimum atomic E-state index is -0.774. The first-order valence-electron chi connectivity index (χ1n) is 7.30. The van der Waals surface area contributed by atoms with Crippen molar-refractivity contribution in [2.75, 3.05) is 19.0 Å². The molecule has 1 atom stereocenters. The molecule has 116 valence electrons. The van der Waals surface area contributed by atoms with Crippen molar-refractivity contribution in [3.05, 3.63) is 23.2 Å². The van der Waals surface area contributed by atoms with Crippen molar-refractivity contribution in [1.82, 2.24) is 0 Å². The molecule has 1 fully saturated rings.